The predicted octanol–water partition coefficient (Wildman–Crippen LogP) is 6.72. The molecule has 0 bridgehead atoms. The van der Waals surface area contributed by atoms with E-state index in [4.69, 9.17) is 21.1 Å². The number of benzene rings is 2. The molecule has 9 nitrogen and oxygen atoms in total. The number of imidazole rings is 1. The lowest BCUT2D eigenvalue weighted by Gasteiger charge is -2.24. The highest BCUT2D eigenvalue weighted by Crippen LogP contribution is 2.46. The number of aliphatic hydroxyl groups is 1. The number of rotatable bonds is 8. The number of carbonyl (C=O) groups excluding carboxylic acids is 2. The standard InChI is InChI=1S/C31H27ClN4O5S/c1-4-14-41-21-12-9-18(15-22(21)40-5-2)27-25(28(37)26-17(3)33-24-8-6-7-13-35(24)26)29(38)30(39)36(27)31-34-20-11-10-19(32)16-23(20)42-31/h6-13,15-16,27,37H,4-5,14H2,1-3H3/b28-25+. The number of aromatic nitrogens is 3. The highest BCUT2D eigenvalue weighted by Gasteiger charge is 2.49. The number of hydrogen-bond acceptors (Lipinski definition) is 8. The molecule has 0 saturated carbocycles. The van der Waals surface area contributed by atoms with Crippen LogP contribution in [0.15, 0.2) is 66.4 Å². The summed E-state index contributed by atoms with van der Waals surface area (Å²) in [5.74, 6) is -0.944. The lowest BCUT2D eigenvalue weighted by molar-refractivity contribution is -0.132. The van der Waals surface area contributed by atoms with Crippen molar-refractivity contribution in [3.63, 3.8) is 0 Å². The summed E-state index contributed by atoms with van der Waals surface area (Å²) in [4.78, 5) is 38.1. The van der Waals surface area contributed by atoms with Gasteiger partial charge in [0.05, 0.1) is 40.7 Å². The van der Waals surface area contributed by atoms with Gasteiger partial charge in [-0.25, -0.2) is 9.97 Å². The normalized spacial score (nSPS) is 16.6. The van der Waals surface area contributed by atoms with E-state index >= 15 is 0 Å². The lowest BCUT2D eigenvalue weighted by atomic mass is 9.96. The molecule has 1 unspecified atom stereocenters. The van der Waals surface area contributed by atoms with Gasteiger partial charge in [0.25, 0.3) is 5.78 Å². The number of pyridine rings is 1. The largest absolute Gasteiger partial charge is 0.505 e. The predicted molar refractivity (Wildman–Crippen MR) is 163 cm³/mol. The maximum atomic E-state index is 13.8. The molecule has 2 aromatic carbocycles. The number of thiazole rings is 1. The third kappa shape index (κ3) is 4.66. The Bertz CT molecular complexity index is 1900. The zero-order valence-corrected chi connectivity index (χ0v) is 24.7. The second-order valence-electron chi connectivity index (χ2n) is 9.74. The number of hydrogen-bond donors (Lipinski definition) is 1. The number of aryl methyl sites for hydroxylation is 1. The van der Waals surface area contributed by atoms with E-state index in [1.807, 2.05) is 19.9 Å². The van der Waals surface area contributed by atoms with Crippen molar-refractivity contribution in [3.8, 4) is 11.5 Å². The van der Waals surface area contributed by atoms with Crippen LogP contribution in [0.3, 0.4) is 0 Å². The van der Waals surface area contributed by atoms with Crippen LogP contribution in [-0.4, -0.2) is 44.4 Å². The molecule has 1 atom stereocenters. The number of aliphatic hydroxyl groups excluding tert-OH is 1. The van der Waals surface area contributed by atoms with Gasteiger partial charge in [-0.1, -0.05) is 42.0 Å². The number of fused-ring (bicyclic) bond motifs is 2. The monoisotopic (exact) mass is 602 g/mol. The molecule has 1 aliphatic heterocycles. The Kier molecular flexibility index (Phi) is 7.34. The summed E-state index contributed by atoms with van der Waals surface area (Å²) in [7, 11) is 0. The molecule has 0 spiro atoms. The van der Waals surface area contributed by atoms with Crippen LogP contribution >= 0.6 is 22.9 Å². The Hall–Kier alpha value is -4.41. The highest BCUT2D eigenvalue weighted by molar-refractivity contribution is 7.22. The Labute approximate surface area is 250 Å². The topological polar surface area (TPSA) is 106 Å². The van der Waals surface area contributed by atoms with E-state index in [-0.39, 0.29) is 11.3 Å². The first-order valence-electron chi connectivity index (χ1n) is 13.5. The van der Waals surface area contributed by atoms with E-state index in [9.17, 15) is 14.7 Å². The smallest absolute Gasteiger partial charge is 0.301 e. The van der Waals surface area contributed by atoms with Crippen LogP contribution in [0.25, 0.3) is 21.6 Å². The van der Waals surface area contributed by atoms with Gasteiger partial charge < -0.3 is 14.6 Å². The second kappa shape index (κ2) is 11.1. The van der Waals surface area contributed by atoms with E-state index in [0.717, 1.165) is 11.1 Å². The molecule has 3 aromatic heterocycles. The number of amides is 1. The second-order valence-corrected chi connectivity index (χ2v) is 11.2. The third-order valence-corrected chi connectivity index (χ3v) is 8.22. The molecule has 0 radical (unpaired) electrons. The van der Waals surface area contributed by atoms with Crippen molar-refractivity contribution in [2.45, 2.75) is 33.2 Å². The van der Waals surface area contributed by atoms with Gasteiger partial charge in [0.15, 0.2) is 22.4 Å². The number of Topliss-reactive ketones (excluding diaryl/α,β-unsaturated/α-hetero) is 1. The number of anilines is 1. The first-order chi connectivity index (χ1) is 20.3. The van der Waals surface area contributed by atoms with Gasteiger partial charge in [-0.2, -0.15) is 0 Å². The fourth-order valence-corrected chi connectivity index (χ4v) is 6.42. The summed E-state index contributed by atoms with van der Waals surface area (Å²) >= 11 is 7.45. The number of ketones is 1. The average molecular weight is 603 g/mol. The molecule has 1 fully saturated rings. The van der Waals surface area contributed by atoms with Crippen molar-refractivity contribution in [1.82, 2.24) is 14.4 Å². The zero-order valence-electron chi connectivity index (χ0n) is 23.1. The number of ether oxygens (including phenoxy) is 2. The van der Waals surface area contributed by atoms with Crippen molar-refractivity contribution in [2.75, 3.05) is 18.1 Å². The molecule has 42 heavy (non-hydrogen) atoms. The van der Waals surface area contributed by atoms with Gasteiger partial charge in [0.2, 0.25) is 0 Å². The van der Waals surface area contributed by atoms with Crippen molar-refractivity contribution in [2.24, 2.45) is 0 Å². The maximum Gasteiger partial charge on any atom is 0.301 e. The van der Waals surface area contributed by atoms with Crippen LogP contribution < -0.4 is 14.4 Å². The summed E-state index contributed by atoms with van der Waals surface area (Å²) in [6, 6.07) is 15.0. The van der Waals surface area contributed by atoms with Gasteiger partial charge in [-0.3, -0.25) is 18.9 Å². The van der Waals surface area contributed by atoms with Crippen LogP contribution in [0.1, 0.15) is 43.3 Å². The van der Waals surface area contributed by atoms with Gasteiger partial charge in [0, 0.05) is 11.2 Å². The molecule has 4 heterocycles. The molecule has 1 N–H and O–H groups in total. The molecular formula is C31H27ClN4O5S. The molecule has 11 heteroatoms. The van der Waals surface area contributed by atoms with Crippen LogP contribution in [-0.2, 0) is 9.59 Å². The molecule has 1 aliphatic rings. The Morgan fingerprint density at radius 3 is 2.67 bits per heavy atom. The van der Waals surface area contributed by atoms with E-state index in [2.05, 4.69) is 9.97 Å². The molecule has 5 aromatic rings. The zero-order chi connectivity index (χ0) is 29.5. The minimum atomic E-state index is -1.01. The SMILES string of the molecule is CCCOc1ccc(C2/C(=C(\O)c3c(C)nc4ccccn34)C(=O)C(=O)N2c2nc3ccc(Cl)cc3s2)cc1OCC. The molecule has 1 amide bonds. The summed E-state index contributed by atoms with van der Waals surface area (Å²) in [5.41, 5.74) is 2.55. The fraction of sp³-hybridized carbons (Fsp3) is 0.226. The lowest BCUT2D eigenvalue weighted by Crippen LogP contribution is -2.29. The quantitative estimate of drug-likeness (QED) is 0.119. The fourth-order valence-electron chi connectivity index (χ4n) is 5.16. The Morgan fingerprint density at radius 2 is 1.88 bits per heavy atom. The van der Waals surface area contributed by atoms with E-state index in [1.54, 1.807) is 66.1 Å². The molecule has 214 valence electrons. The highest BCUT2D eigenvalue weighted by atomic mass is 35.5. The third-order valence-electron chi connectivity index (χ3n) is 6.96. The summed E-state index contributed by atoms with van der Waals surface area (Å²) in [6.07, 6.45) is 2.56. The van der Waals surface area contributed by atoms with Crippen LogP contribution in [0, 0.1) is 6.92 Å². The molecule has 6 rings (SSSR count). The minimum Gasteiger partial charge on any atom is -0.505 e. The van der Waals surface area contributed by atoms with Crippen LogP contribution in [0.4, 0.5) is 5.13 Å². The van der Waals surface area contributed by atoms with Crippen molar-refractivity contribution in [3.05, 3.63) is 88.3 Å². The number of carbonyl (C=O) groups is 2. The molecule has 0 aliphatic carbocycles. The number of halogens is 1. The van der Waals surface area contributed by atoms with Gasteiger partial charge in [-0.15, -0.1) is 0 Å². The van der Waals surface area contributed by atoms with E-state index in [0.29, 0.717) is 63.0 Å². The minimum absolute atomic E-state index is 0.0734. The van der Waals surface area contributed by atoms with Crippen molar-refractivity contribution < 1.29 is 24.2 Å². The maximum absolute atomic E-state index is 13.8. The summed E-state index contributed by atoms with van der Waals surface area (Å²) in [5, 5.41) is 12.7. The van der Waals surface area contributed by atoms with Crippen molar-refractivity contribution >= 4 is 61.4 Å². The van der Waals surface area contributed by atoms with Crippen molar-refractivity contribution in [1.29, 1.82) is 0 Å². The average Bonchev–Trinajstić information content (AvgIpc) is 3.62. The molecular weight excluding hydrogens is 576 g/mol. The first-order valence-corrected chi connectivity index (χ1v) is 14.7. The Morgan fingerprint density at radius 1 is 1.05 bits per heavy atom. The first kappa shape index (κ1) is 27.7. The van der Waals surface area contributed by atoms with Crippen LogP contribution in [0.5, 0.6) is 11.5 Å². The van der Waals surface area contributed by atoms with Gasteiger partial charge >= 0.3 is 5.91 Å². The summed E-state index contributed by atoms with van der Waals surface area (Å²) in [6.45, 7) is 6.50. The summed E-state index contributed by atoms with van der Waals surface area (Å²) < 4.78 is 14.2. The van der Waals surface area contributed by atoms with Gasteiger partial charge in [0.1, 0.15) is 11.3 Å². The van der Waals surface area contributed by atoms with E-state index in [1.165, 1.54) is 16.2 Å². The Balaban J connectivity index is 1.59. The van der Waals surface area contributed by atoms with Crippen LogP contribution in [0.2, 0.25) is 5.02 Å². The van der Waals surface area contributed by atoms with E-state index < -0.39 is 17.7 Å². The van der Waals surface area contributed by atoms with Gasteiger partial charge in [-0.05, 0) is 68.3 Å². The molecule has 1 saturated heterocycles. The number of nitrogens with zero attached hydrogens (tertiary/aromatic N) is 4.